The first-order chi connectivity index (χ1) is 7.12. The normalized spacial score (nSPS) is 32.9. The van der Waals surface area contributed by atoms with Crippen LogP contribution in [-0.4, -0.2) is 29.6 Å². The van der Waals surface area contributed by atoms with Gasteiger partial charge in [0, 0.05) is 12.6 Å². The standard InChI is InChI=1S/C13H19NO/c1-11-10-13(15,8-9-14(11)2)12-6-4-3-5-7-12/h3-7,11,15H,8-10H2,1-2H3/t11-,13-/m0/s1. The van der Waals surface area contributed by atoms with Gasteiger partial charge in [-0.05, 0) is 32.4 Å². The molecule has 1 fully saturated rings. The number of benzene rings is 1. The van der Waals surface area contributed by atoms with Gasteiger partial charge in [-0.1, -0.05) is 30.3 Å². The van der Waals surface area contributed by atoms with Gasteiger partial charge >= 0.3 is 0 Å². The summed E-state index contributed by atoms with van der Waals surface area (Å²) in [5.74, 6) is 0. The van der Waals surface area contributed by atoms with Crippen molar-refractivity contribution in [3.8, 4) is 0 Å². The third-order valence-electron chi connectivity index (χ3n) is 3.57. The Bertz CT molecular complexity index is 325. The van der Waals surface area contributed by atoms with Crippen molar-refractivity contribution in [1.82, 2.24) is 4.90 Å². The molecule has 1 N–H and O–H groups in total. The van der Waals surface area contributed by atoms with Crippen LogP contribution in [0.1, 0.15) is 25.3 Å². The molecule has 1 aromatic carbocycles. The van der Waals surface area contributed by atoms with Crippen LogP contribution < -0.4 is 0 Å². The number of hydrogen-bond donors (Lipinski definition) is 1. The lowest BCUT2D eigenvalue weighted by atomic mass is 9.81. The maximum Gasteiger partial charge on any atom is 0.0923 e. The van der Waals surface area contributed by atoms with Gasteiger partial charge in [-0.2, -0.15) is 0 Å². The molecule has 1 aliphatic heterocycles. The van der Waals surface area contributed by atoms with Crippen LogP contribution in [0.15, 0.2) is 30.3 Å². The number of hydrogen-bond acceptors (Lipinski definition) is 2. The number of likely N-dealkylation sites (tertiary alicyclic amines) is 1. The molecular weight excluding hydrogens is 186 g/mol. The quantitative estimate of drug-likeness (QED) is 0.758. The van der Waals surface area contributed by atoms with E-state index in [1.165, 1.54) is 0 Å². The van der Waals surface area contributed by atoms with E-state index >= 15 is 0 Å². The molecule has 15 heavy (non-hydrogen) atoms. The van der Waals surface area contributed by atoms with Crippen molar-refractivity contribution in [3.63, 3.8) is 0 Å². The van der Waals surface area contributed by atoms with Crippen molar-refractivity contribution >= 4 is 0 Å². The molecule has 1 heterocycles. The largest absolute Gasteiger partial charge is 0.385 e. The van der Waals surface area contributed by atoms with Gasteiger partial charge in [-0.15, -0.1) is 0 Å². The van der Waals surface area contributed by atoms with E-state index in [0.717, 1.165) is 24.9 Å². The van der Waals surface area contributed by atoms with E-state index < -0.39 is 5.60 Å². The van der Waals surface area contributed by atoms with Gasteiger partial charge in [0.05, 0.1) is 5.60 Å². The summed E-state index contributed by atoms with van der Waals surface area (Å²) in [5.41, 5.74) is 0.442. The van der Waals surface area contributed by atoms with E-state index in [2.05, 4.69) is 18.9 Å². The minimum absolute atomic E-state index is 0.448. The Labute approximate surface area is 91.5 Å². The first-order valence-electron chi connectivity index (χ1n) is 5.60. The Kier molecular flexibility index (Phi) is 2.81. The van der Waals surface area contributed by atoms with Gasteiger partial charge in [-0.3, -0.25) is 0 Å². The van der Waals surface area contributed by atoms with Gasteiger partial charge in [0.15, 0.2) is 0 Å². The van der Waals surface area contributed by atoms with Crippen molar-refractivity contribution in [1.29, 1.82) is 0 Å². The van der Waals surface area contributed by atoms with Crippen LogP contribution in [-0.2, 0) is 5.60 Å². The maximum absolute atomic E-state index is 10.6. The lowest BCUT2D eigenvalue weighted by Gasteiger charge is -2.41. The van der Waals surface area contributed by atoms with Crippen molar-refractivity contribution in [3.05, 3.63) is 35.9 Å². The lowest BCUT2D eigenvalue weighted by molar-refractivity contribution is -0.0408. The molecule has 0 aliphatic carbocycles. The Balaban J connectivity index is 2.21. The molecule has 1 saturated heterocycles. The van der Waals surface area contributed by atoms with Crippen molar-refractivity contribution in [2.24, 2.45) is 0 Å². The predicted octanol–water partition coefficient (Wildman–Crippen LogP) is 1.99. The zero-order valence-corrected chi connectivity index (χ0v) is 9.48. The van der Waals surface area contributed by atoms with Crippen LogP contribution in [0.25, 0.3) is 0 Å². The summed E-state index contributed by atoms with van der Waals surface area (Å²) in [6, 6.07) is 10.5. The second-order valence-electron chi connectivity index (χ2n) is 4.68. The number of nitrogens with zero attached hydrogens (tertiary/aromatic N) is 1. The van der Waals surface area contributed by atoms with E-state index in [-0.39, 0.29) is 0 Å². The van der Waals surface area contributed by atoms with Crippen LogP contribution in [0, 0.1) is 0 Å². The fourth-order valence-electron chi connectivity index (χ4n) is 2.34. The van der Waals surface area contributed by atoms with Gasteiger partial charge < -0.3 is 10.0 Å². The topological polar surface area (TPSA) is 23.5 Å². The second kappa shape index (κ2) is 3.95. The average Bonchev–Trinajstić information content (AvgIpc) is 2.26. The number of piperidine rings is 1. The van der Waals surface area contributed by atoms with Crippen LogP contribution in [0.3, 0.4) is 0 Å². The Morgan fingerprint density at radius 1 is 1.33 bits per heavy atom. The lowest BCUT2D eigenvalue weighted by Crippen LogP contribution is -2.45. The fourth-order valence-corrected chi connectivity index (χ4v) is 2.34. The van der Waals surface area contributed by atoms with Crippen LogP contribution in [0.5, 0.6) is 0 Å². The first-order valence-corrected chi connectivity index (χ1v) is 5.60. The van der Waals surface area contributed by atoms with E-state index in [9.17, 15) is 5.11 Å². The van der Waals surface area contributed by atoms with E-state index in [1.54, 1.807) is 0 Å². The van der Waals surface area contributed by atoms with Crippen molar-refractivity contribution < 1.29 is 5.11 Å². The molecular formula is C13H19NO. The molecule has 82 valence electrons. The summed E-state index contributed by atoms with van der Waals surface area (Å²) < 4.78 is 0. The molecule has 0 unspecified atom stereocenters. The number of aliphatic hydroxyl groups is 1. The average molecular weight is 205 g/mol. The highest BCUT2D eigenvalue weighted by Crippen LogP contribution is 2.34. The molecule has 0 radical (unpaired) electrons. The third kappa shape index (κ3) is 2.06. The molecule has 0 aromatic heterocycles. The summed E-state index contributed by atoms with van der Waals surface area (Å²) >= 11 is 0. The molecule has 1 aliphatic rings. The summed E-state index contributed by atoms with van der Waals surface area (Å²) in [4.78, 5) is 2.30. The monoisotopic (exact) mass is 205 g/mol. The molecule has 2 nitrogen and oxygen atoms in total. The zero-order chi connectivity index (χ0) is 10.9. The van der Waals surface area contributed by atoms with E-state index in [4.69, 9.17) is 0 Å². The Hall–Kier alpha value is -0.860. The van der Waals surface area contributed by atoms with Crippen LogP contribution in [0.2, 0.25) is 0 Å². The van der Waals surface area contributed by atoms with Gasteiger partial charge in [0.25, 0.3) is 0 Å². The third-order valence-corrected chi connectivity index (χ3v) is 3.57. The van der Waals surface area contributed by atoms with Crippen LogP contribution in [0.4, 0.5) is 0 Å². The molecule has 0 amide bonds. The predicted molar refractivity (Wildman–Crippen MR) is 61.7 cm³/mol. The highest BCUT2D eigenvalue weighted by atomic mass is 16.3. The minimum Gasteiger partial charge on any atom is -0.385 e. The second-order valence-corrected chi connectivity index (χ2v) is 4.68. The molecule has 0 saturated carbocycles. The highest BCUT2D eigenvalue weighted by Gasteiger charge is 2.36. The van der Waals surface area contributed by atoms with Gasteiger partial charge in [0.1, 0.15) is 0 Å². The highest BCUT2D eigenvalue weighted by molar-refractivity contribution is 5.23. The molecule has 2 atom stereocenters. The summed E-state index contributed by atoms with van der Waals surface area (Å²) in [7, 11) is 2.12. The molecule has 0 spiro atoms. The summed E-state index contributed by atoms with van der Waals surface area (Å²) in [6.45, 7) is 3.14. The fraction of sp³-hybridized carbons (Fsp3) is 0.538. The van der Waals surface area contributed by atoms with Gasteiger partial charge in [-0.25, -0.2) is 0 Å². The molecule has 2 heteroatoms. The molecule has 0 bridgehead atoms. The zero-order valence-electron chi connectivity index (χ0n) is 9.48. The van der Waals surface area contributed by atoms with E-state index in [1.807, 2.05) is 30.3 Å². The van der Waals surface area contributed by atoms with Crippen molar-refractivity contribution in [2.45, 2.75) is 31.4 Å². The summed E-state index contributed by atoms with van der Waals surface area (Å²) in [5, 5.41) is 10.6. The molecule has 2 rings (SSSR count). The van der Waals surface area contributed by atoms with Gasteiger partial charge in [0.2, 0.25) is 0 Å². The first kappa shape index (κ1) is 10.7. The maximum atomic E-state index is 10.6. The number of rotatable bonds is 1. The Morgan fingerprint density at radius 2 is 2.00 bits per heavy atom. The Morgan fingerprint density at radius 3 is 2.60 bits per heavy atom. The SMILES string of the molecule is C[C@H]1C[C@](O)(c2ccccc2)CCN1C. The minimum atomic E-state index is -0.618. The molecule has 1 aromatic rings. The summed E-state index contributed by atoms with van der Waals surface area (Å²) in [6.07, 6.45) is 1.66. The van der Waals surface area contributed by atoms with Crippen molar-refractivity contribution in [2.75, 3.05) is 13.6 Å². The smallest absolute Gasteiger partial charge is 0.0923 e. The van der Waals surface area contributed by atoms with E-state index in [0.29, 0.717) is 6.04 Å². The van der Waals surface area contributed by atoms with Crippen LogP contribution >= 0.6 is 0 Å².